The van der Waals surface area contributed by atoms with E-state index in [1.165, 1.54) is 43.7 Å². The molecule has 2 aromatic rings. The molecule has 6 nitrogen and oxygen atoms in total. The summed E-state index contributed by atoms with van der Waals surface area (Å²) in [7, 11) is 0. The van der Waals surface area contributed by atoms with Crippen LogP contribution < -0.4 is 15.0 Å². The number of aliphatic hydroxyl groups is 1. The van der Waals surface area contributed by atoms with Crippen LogP contribution in [0.4, 0.5) is 0 Å². The molecule has 0 saturated heterocycles. The lowest BCUT2D eigenvalue weighted by Gasteiger charge is -2.22. The van der Waals surface area contributed by atoms with Crippen LogP contribution in [0.2, 0.25) is 0 Å². The minimum absolute atomic E-state index is 0.242. The Hall–Kier alpha value is -2.34. The minimum atomic E-state index is -1.15. The molecular formula is C22H28N2O4. The predicted octanol–water partition coefficient (Wildman–Crippen LogP) is 3.36. The van der Waals surface area contributed by atoms with Gasteiger partial charge in [-0.1, -0.05) is 31.4 Å². The first-order valence-corrected chi connectivity index (χ1v) is 10.1. The zero-order chi connectivity index (χ0) is 19.7. The van der Waals surface area contributed by atoms with Gasteiger partial charge in [0.25, 0.3) is 5.56 Å². The molecule has 1 aromatic carbocycles. The molecule has 0 radical (unpaired) electrons. The molecule has 1 aliphatic heterocycles. The molecule has 0 amide bonds. The van der Waals surface area contributed by atoms with Crippen molar-refractivity contribution in [2.45, 2.75) is 70.1 Å². The van der Waals surface area contributed by atoms with Gasteiger partial charge in [0.2, 0.25) is 0 Å². The van der Waals surface area contributed by atoms with Gasteiger partial charge < -0.3 is 14.6 Å². The fourth-order valence-corrected chi connectivity index (χ4v) is 4.20. The Bertz CT molecular complexity index is 877. The smallest absolute Gasteiger partial charge is 0.300 e. The number of ether oxygens (including phenoxy) is 2. The van der Waals surface area contributed by atoms with Gasteiger partial charge in [0.15, 0.2) is 6.10 Å². The predicted molar refractivity (Wildman–Crippen MR) is 106 cm³/mol. The van der Waals surface area contributed by atoms with Gasteiger partial charge in [0, 0.05) is 6.07 Å². The van der Waals surface area contributed by atoms with Crippen LogP contribution >= 0.6 is 0 Å². The Morgan fingerprint density at radius 1 is 1.21 bits per heavy atom. The zero-order valence-electron chi connectivity index (χ0n) is 16.6. The molecule has 0 bridgehead atoms. The van der Waals surface area contributed by atoms with Gasteiger partial charge in [-0.05, 0) is 50.3 Å². The first-order chi connectivity index (χ1) is 13.4. The molecule has 2 heterocycles. The lowest BCUT2D eigenvalue weighted by atomic mass is 9.84. The molecule has 4 rings (SSSR count). The van der Waals surface area contributed by atoms with Crippen LogP contribution in [0, 0.1) is 0 Å². The number of rotatable bonds is 5. The van der Waals surface area contributed by atoms with Crippen LogP contribution in [0.3, 0.4) is 0 Å². The fraction of sp³-hybridized carbons (Fsp3) is 0.545. The zero-order valence-corrected chi connectivity index (χ0v) is 16.6. The SMILES string of the molecule is CC(C)(O)c1cc(=O)nc2n1C[C@@H](COc1ccc(C3CCCCC3)cc1)O2. The van der Waals surface area contributed by atoms with Gasteiger partial charge in [0.1, 0.15) is 12.4 Å². The van der Waals surface area contributed by atoms with E-state index in [0.29, 0.717) is 24.8 Å². The molecule has 150 valence electrons. The van der Waals surface area contributed by atoms with Crippen molar-refractivity contribution in [1.82, 2.24) is 9.55 Å². The van der Waals surface area contributed by atoms with Crippen molar-refractivity contribution in [1.29, 1.82) is 0 Å². The van der Waals surface area contributed by atoms with E-state index in [4.69, 9.17) is 9.47 Å². The van der Waals surface area contributed by atoms with Crippen LogP contribution in [0.25, 0.3) is 0 Å². The third kappa shape index (κ3) is 4.07. The Morgan fingerprint density at radius 2 is 1.93 bits per heavy atom. The molecule has 1 N–H and O–H groups in total. The number of hydrogen-bond acceptors (Lipinski definition) is 5. The standard InChI is InChI=1S/C22H28N2O4/c1-22(2,26)19-12-20(25)23-21-24(19)13-18(28-21)14-27-17-10-8-16(9-11-17)15-6-4-3-5-7-15/h8-12,15,18,26H,3-7,13-14H2,1-2H3/t18-/m0/s1. The quantitative estimate of drug-likeness (QED) is 0.856. The summed E-state index contributed by atoms with van der Waals surface area (Å²) in [6.07, 6.45) is 6.32. The average Bonchev–Trinajstić information content (AvgIpc) is 3.08. The van der Waals surface area contributed by atoms with Crippen molar-refractivity contribution in [3.05, 3.63) is 51.9 Å². The summed E-state index contributed by atoms with van der Waals surface area (Å²) in [5.74, 6) is 1.49. The molecule has 0 spiro atoms. The van der Waals surface area contributed by atoms with Gasteiger partial charge in [-0.3, -0.25) is 9.36 Å². The van der Waals surface area contributed by atoms with E-state index in [9.17, 15) is 9.90 Å². The lowest BCUT2D eigenvalue weighted by Crippen LogP contribution is -2.27. The topological polar surface area (TPSA) is 73.6 Å². The van der Waals surface area contributed by atoms with Gasteiger partial charge in [-0.2, -0.15) is 4.98 Å². The van der Waals surface area contributed by atoms with E-state index >= 15 is 0 Å². The van der Waals surface area contributed by atoms with E-state index < -0.39 is 11.2 Å². The molecule has 1 atom stereocenters. The Morgan fingerprint density at radius 3 is 2.61 bits per heavy atom. The molecule has 6 heteroatoms. The maximum Gasteiger partial charge on any atom is 0.300 e. The molecule has 1 aliphatic carbocycles. The maximum absolute atomic E-state index is 11.8. The molecule has 1 aromatic heterocycles. The highest BCUT2D eigenvalue weighted by Crippen LogP contribution is 2.33. The molecule has 2 aliphatic rings. The van der Waals surface area contributed by atoms with Crippen LogP contribution in [-0.2, 0) is 12.1 Å². The molecular weight excluding hydrogens is 356 g/mol. The van der Waals surface area contributed by atoms with E-state index in [1.54, 1.807) is 18.4 Å². The second-order valence-corrected chi connectivity index (χ2v) is 8.39. The van der Waals surface area contributed by atoms with E-state index in [1.807, 2.05) is 12.1 Å². The van der Waals surface area contributed by atoms with Crippen molar-refractivity contribution in [2.24, 2.45) is 0 Å². The number of fused-ring (bicyclic) bond motifs is 1. The average molecular weight is 384 g/mol. The highest BCUT2D eigenvalue weighted by Gasteiger charge is 2.31. The van der Waals surface area contributed by atoms with Gasteiger partial charge in [-0.25, -0.2) is 0 Å². The summed E-state index contributed by atoms with van der Waals surface area (Å²) < 4.78 is 13.4. The normalized spacial score (nSPS) is 19.9. The second-order valence-electron chi connectivity index (χ2n) is 8.39. The number of nitrogens with zero attached hydrogens (tertiary/aromatic N) is 2. The van der Waals surface area contributed by atoms with Crippen molar-refractivity contribution in [3.63, 3.8) is 0 Å². The highest BCUT2D eigenvalue weighted by atomic mass is 16.6. The summed E-state index contributed by atoms with van der Waals surface area (Å²) in [6, 6.07) is 9.99. The number of benzene rings is 1. The summed E-state index contributed by atoms with van der Waals surface area (Å²) in [5.41, 5.74) is 0.337. The van der Waals surface area contributed by atoms with Gasteiger partial charge in [0.05, 0.1) is 17.8 Å². The summed E-state index contributed by atoms with van der Waals surface area (Å²) in [4.78, 5) is 15.7. The Labute approximate surface area is 165 Å². The van der Waals surface area contributed by atoms with Crippen LogP contribution in [0.15, 0.2) is 35.1 Å². The monoisotopic (exact) mass is 384 g/mol. The fourth-order valence-electron chi connectivity index (χ4n) is 4.20. The van der Waals surface area contributed by atoms with Gasteiger partial charge >= 0.3 is 6.01 Å². The van der Waals surface area contributed by atoms with Crippen LogP contribution in [-0.4, -0.2) is 27.4 Å². The molecule has 1 fully saturated rings. The highest BCUT2D eigenvalue weighted by molar-refractivity contribution is 5.30. The molecule has 28 heavy (non-hydrogen) atoms. The third-order valence-electron chi connectivity index (χ3n) is 5.67. The maximum atomic E-state index is 11.8. The number of aromatic nitrogens is 2. The summed E-state index contributed by atoms with van der Waals surface area (Å²) in [5, 5.41) is 10.3. The van der Waals surface area contributed by atoms with Crippen LogP contribution in [0.5, 0.6) is 11.8 Å². The van der Waals surface area contributed by atoms with Crippen molar-refractivity contribution in [3.8, 4) is 11.8 Å². The molecule has 1 saturated carbocycles. The summed E-state index contributed by atoms with van der Waals surface area (Å²) >= 11 is 0. The van der Waals surface area contributed by atoms with Crippen molar-refractivity contribution < 1.29 is 14.6 Å². The summed E-state index contributed by atoms with van der Waals surface area (Å²) in [6.45, 7) is 4.13. The Balaban J connectivity index is 1.39. The lowest BCUT2D eigenvalue weighted by molar-refractivity contribution is 0.0688. The van der Waals surface area contributed by atoms with Gasteiger partial charge in [-0.15, -0.1) is 0 Å². The largest absolute Gasteiger partial charge is 0.490 e. The first kappa shape index (κ1) is 19.0. The van der Waals surface area contributed by atoms with Crippen LogP contribution in [0.1, 0.15) is 63.1 Å². The van der Waals surface area contributed by atoms with E-state index in [-0.39, 0.29) is 12.1 Å². The second kappa shape index (κ2) is 7.59. The minimum Gasteiger partial charge on any atom is -0.490 e. The third-order valence-corrected chi connectivity index (χ3v) is 5.67. The molecule has 0 unspecified atom stereocenters. The number of hydrogen-bond donors (Lipinski definition) is 1. The first-order valence-electron chi connectivity index (χ1n) is 10.1. The van der Waals surface area contributed by atoms with Crippen molar-refractivity contribution >= 4 is 0 Å². The van der Waals surface area contributed by atoms with E-state index in [2.05, 4.69) is 17.1 Å². The van der Waals surface area contributed by atoms with Crippen molar-refractivity contribution in [2.75, 3.05) is 6.61 Å². The Kier molecular flexibility index (Phi) is 5.15. The van der Waals surface area contributed by atoms with E-state index in [0.717, 1.165) is 5.75 Å².